The van der Waals surface area contributed by atoms with E-state index in [0.29, 0.717) is 10.9 Å². The highest BCUT2D eigenvalue weighted by atomic mass is 35.5. The molecule has 1 aromatic carbocycles. The van der Waals surface area contributed by atoms with E-state index in [0.717, 1.165) is 0 Å². The summed E-state index contributed by atoms with van der Waals surface area (Å²) in [5.41, 5.74) is -0.278. The fourth-order valence-corrected chi connectivity index (χ4v) is 2.70. The number of rotatable bonds is 4. The number of hydrogen-bond acceptors (Lipinski definition) is 6. The Kier molecular flexibility index (Phi) is 6.39. The highest BCUT2D eigenvalue weighted by molar-refractivity contribution is 6.33. The zero-order valence-corrected chi connectivity index (χ0v) is 17.5. The fourth-order valence-electron chi connectivity index (χ4n) is 2.50. The van der Waals surface area contributed by atoms with Crippen LogP contribution in [0, 0.1) is 12.8 Å². The molecule has 0 aliphatic heterocycles. The van der Waals surface area contributed by atoms with Crippen LogP contribution in [0.15, 0.2) is 27.4 Å². The number of alkyl carbamates (subject to hydrolysis) is 1. The molecule has 7 nitrogen and oxygen atoms in total. The summed E-state index contributed by atoms with van der Waals surface area (Å²) in [6.45, 7) is 10.4. The highest BCUT2D eigenvalue weighted by Crippen LogP contribution is 2.31. The van der Waals surface area contributed by atoms with Crippen molar-refractivity contribution in [3.63, 3.8) is 0 Å². The van der Waals surface area contributed by atoms with Crippen molar-refractivity contribution in [3.05, 3.63) is 39.2 Å². The van der Waals surface area contributed by atoms with E-state index >= 15 is 0 Å². The number of nitrogens with one attached hydrogen (secondary N) is 1. The number of carbonyl (C=O) groups is 2. The van der Waals surface area contributed by atoms with Crippen LogP contribution in [-0.4, -0.2) is 23.7 Å². The van der Waals surface area contributed by atoms with Gasteiger partial charge < -0.3 is 19.2 Å². The van der Waals surface area contributed by atoms with E-state index in [1.165, 1.54) is 12.1 Å². The van der Waals surface area contributed by atoms with Gasteiger partial charge in [-0.3, -0.25) is 0 Å². The zero-order chi connectivity index (χ0) is 21.2. The van der Waals surface area contributed by atoms with E-state index in [1.807, 2.05) is 0 Å². The van der Waals surface area contributed by atoms with Gasteiger partial charge >= 0.3 is 17.7 Å². The number of esters is 1. The second-order valence-electron chi connectivity index (χ2n) is 7.82. The molecular weight excluding hydrogens is 386 g/mol. The maximum absolute atomic E-state index is 12.6. The minimum atomic E-state index is -0.953. The predicted molar refractivity (Wildman–Crippen MR) is 106 cm³/mol. The Morgan fingerprint density at radius 3 is 2.39 bits per heavy atom. The molecule has 0 fully saturated rings. The monoisotopic (exact) mass is 409 g/mol. The van der Waals surface area contributed by atoms with Crippen LogP contribution in [0.3, 0.4) is 0 Å². The average Bonchev–Trinajstić information content (AvgIpc) is 2.52. The van der Waals surface area contributed by atoms with E-state index < -0.39 is 29.3 Å². The lowest BCUT2D eigenvalue weighted by Crippen LogP contribution is -2.48. The Morgan fingerprint density at radius 1 is 1.18 bits per heavy atom. The van der Waals surface area contributed by atoms with Crippen molar-refractivity contribution in [2.45, 2.75) is 53.2 Å². The third kappa shape index (κ3) is 5.48. The molecule has 1 N–H and O–H groups in total. The number of ether oxygens (including phenoxy) is 2. The molecular formula is C20H24ClNO6. The Labute approximate surface area is 167 Å². The smallest absolute Gasteiger partial charge is 0.408 e. The number of amides is 1. The number of carbonyl (C=O) groups excluding carboxylic acids is 2. The molecule has 0 radical (unpaired) electrons. The van der Waals surface area contributed by atoms with Crippen LogP contribution in [-0.2, 0) is 9.53 Å². The average molecular weight is 410 g/mol. The van der Waals surface area contributed by atoms with Gasteiger partial charge in [-0.1, -0.05) is 25.4 Å². The Morgan fingerprint density at radius 2 is 1.82 bits per heavy atom. The van der Waals surface area contributed by atoms with E-state index in [1.54, 1.807) is 47.6 Å². The summed E-state index contributed by atoms with van der Waals surface area (Å²) in [7, 11) is 0. The van der Waals surface area contributed by atoms with Gasteiger partial charge in [-0.2, -0.15) is 0 Å². The first-order valence-corrected chi connectivity index (χ1v) is 9.20. The van der Waals surface area contributed by atoms with Gasteiger partial charge in [-0.15, -0.1) is 0 Å². The minimum Gasteiger partial charge on any atom is -0.444 e. The molecule has 0 unspecified atom stereocenters. The molecule has 0 spiro atoms. The van der Waals surface area contributed by atoms with Gasteiger partial charge in [0, 0.05) is 17.5 Å². The number of halogens is 1. The SMILES string of the molecule is Cc1cc(=O)oc2cc(OC(=O)[C@H](NC(=O)OC(C)(C)C)C(C)C)c(Cl)cc12. The summed E-state index contributed by atoms with van der Waals surface area (Å²) in [6.07, 6.45) is -0.727. The summed E-state index contributed by atoms with van der Waals surface area (Å²) in [5.74, 6) is -0.943. The molecule has 28 heavy (non-hydrogen) atoms. The molecule has 0 saturated heterocycles. The van der Waals surface area contributed by atoms with Crippen molar-refractivity contribution in [3.8, 4) is 5.75 Å². The summed E-state index contributed by atoms with van der Waals surface area (Å²) in [5, 5.41) is 3.33. The molecule has 1 amide bonds. The molecule has 1 aromatic heterocycles. The van der Waals surface area contributed by atoms with Crippen LogP contribution in [0.5, 0.6) is 5.75 Å². The lowest BCUT2D eigenvalue weighted by atomic mass is 10.1. The molecule has 2 aromatic rings. The van der Waals surface area contributed by atoms with Crippen LogP contribution >= 0.6 is 11.6 Å². The largest absolute Gasteiger partial charge is 0.444 e. The Balaban J connectivity index is 2.27. The van der Waals surface area contributed by atoms with Gasteiger partial charge in [-0.05, 0) is 45.2 Å². The van der Waals surface area contributed by atoms with E-state index in [-0.39, 0.29) is 22.3 Å². The van der Waals surface area contributed by atoms with Gasteiger partial charge in [0.1, 0.15) is 17.2 Å². The molecule has 0 saturated carbocycles. The molecule has 1 heterocycles. The third-order valence-electron chi connectivity index (χ3n) is 3.81. The van der Waals surface area contributed by atoms with Crippen molar-refractivity contribution >= 4 is 34.6 Å². The lowest BCUT2D eigenvalue weighted by Gasteiger charge is -2.24. The first-order valence-electron chi connectivity index (χ1n) is 8.82. The van der Waals surface area contributed by atoms with E-state index in [4.69, 9.17) is 25.5 Å². The van der Waals surface area contributed by atoms with Crippen molar-refractivity contribution in [1.29, 1.82) is 0 Å². The number of hydrogen-bond donors (Lipinski definition) is 1. The number of aryl methyl sites for hydroxylation is 1. The minimum absolute atomic E-state index is 0.0320. The van der Waals surface area contributed by atoms with E-state index in [9.17, 15) is 14.4 Å². The topological polar surface area (TPSA) is 94.8 Å². The van der Waals surface area contributed by atoms with Gasteiger partial charge in [-0.25, -0.2) is 14.4 Å². The quantitative estimate of drug-likeness (QED) is 0.461. The zero-order valence-electron chi connectivity index (χ0n) is 16.7. The first kappa shape index (κ1) is 21.8. The normalized spacial score (nSPS) is 12.7. The molecule has 1 atom stereocenters. The van der Waals surface area contributed by atoms with Gasteiger partial charge in [0.15, 0.2) is 5.75 Å². The van der Waals surface area contributed by atoms with Crippen LogP contribution in [0.1, 0.15) is 40.2 Å². The molecule has 0 aliphatic rings. The van der Waals surface area contributed by atoms with Gasteiger partial charge in [0.05, 0.1) is 5.02 Å². The van der Waals surface area contributed by atoms with Gasteiger partial charge in [0.2, 0.25) is 0 Å². The standard InChI is InChI=1S/C20H24ClNO6/c1-10(2)17(22-19(25)28-20(4,5)6)18(24)27-15-9-14-12(8-13(15)21)11(3)7-16(23)26-14/h7-10,17H,1-6H3,(H,22,25)/t17-/m1/s1. The molecule has 0 aliphatic carbocycles. The van der Waals surface area contributed by atoms with Gasteiger partial charge in [0.25, 0.3) is 0 Å². The summed E-state index contributed by atoms with van der Waals surface area (Å²) in [6, 6.07) is 3.34. The fraction of sp³-hybridized carbons (Fsp3) is 0.450. The Bertz CT molecular complexity index is 958. The van der Waals surface area contributed by atoms with Crippen molar-refractivity contribution in [2.75, 3.05) is 0 Å². The number of benzene rings is 1. The predicted octanol–water partition coefficient (Wildman–Crippen LogP) is 4.21. The van der Waals surface area contributed by atoms with Crippen LogP contribution < -0.4 is 15.7 Å². The Hall–Kier alpha value is -2.54. The molecule has 0 bridgehead atoms. The molecule has 8 heteroatoms. The van der Waals surface area contributed by atoms with Crippen molar-refractivity contribution in [1.82, 2.24) is 5.32 Å². The highest BCUT2D eigenvalue weighted by Gasteiger charge is 2.29. The van der Waals surface area contributed by atoms with Crippen molar-refractivity contribution < 1.29 is 23.5 Å². The lowest BCUT2D eigenvalue weighted by molar-refractivity contribution is -0.137. The van der Waals surface area contributed by atoms with Crippen LogP contribution in [0.4, 0.5) is 4.79 Å². The van der Waals surface area contributed by atoms with Crippen molar-refractivity contribution in [2.24, 2.45) is 5.92 Å². The molecule has 2 rings (SSSR count). The first-order chi connectivity index (χ1) is 12.9. The maximum atomic E-state index is 12.6. The van der Waals surface area contributed by atoms with E-state index in [2.05, 4.69) is 5.32 Å². The molecule has 152 valence electrons. The summed E-state index contributed by atoms with van der Waals surface area (Å²) < 4.78 is 15.7. The number of fused-ring (bicyclic) bond motifs is 1. The second-order valence-corrected chi connectivity index (χ2v) is 8.22. The van der Waals surface area contributed by atoms with Crippen LogP contribution in [0.25, 0.3) is 11.0 Å². The maximum Gasteiger partial charge on any atom is 0.408 e. The summed E-state index contributed by atoms with van der Waals surface area (Å²) >= 11 is 6.23. The third-order valence-corrected chi connectivity index (χ3v) is 4.10. The summed E-state index contributed by atoms with van der Waals surface area (Å²) in [4.78, 5) is 36.3. The van der Waals surface area contributed by atoms with Crippen LogP contribution in [0.2, 0.25) is 5.02 Å². The second kappa shape index (κ2) is 8.22.